The summed E-state index contributed by atoms with van der Waals surface area (Å²) in [4.78, 5) is 35.5. The van der Waals surface area contributed by atoms with E-state index < -0.39 is 0 Å². The van der Waals surface area contributed by atoms with E-state index in [0.29, 0.717) is 55.1 Å². The van der Waals surface area contributed by atoms with Crippen LogP contribution >= 0.6 is 0 Å². The van der Waals surface area contributed by atoms with Crippen LogP contribution in [0.3, 0.4) is 0 Å². The molecule has 40 heavy (non-hydrogen) atoms. The van der Waals surface area contributed by atoms with E-state index in [1.54, 1.807) is 38.1 Å². The summed E-state index contributed by atoms with van der Waals surface area (Å²) in [5.74, 6) is 0.233. The lowest BCUT2D eigenvalue weighted by molar-refractivity contribution is -0.144. The maximum atomic E-state index is 11.4. The number of esters is 2. The van der Waals surface area contributed by atoms with Crippen molar-refractivity contribution in [1.82, 2.24) is 15.0 Å². The lowest BCUT2D eigenvalue weighted by Crippen LogP contribution is -2.07. The molecule has 12 nitrogen and oxygen atoms in total. The second-order valence-corrected chi connectivity index (χ2v) is 8.36. The minimum Gasteiger partial charge on any atom is -0.507 e. The summed E-state index contributed by atoms with van der Waals surface area (Å²) < 4.78 is 26.3. The number of carbonyl (C=O) groups is 2. The third kappa shape index (κ3) is 8.72. The third-order valence-corrected chi connectivity index (χ3v) is 5.43. The van der Waals surface area contributed by atoms with E-state index in [0.717, 1.165) is 0 Å². The summed E-state index contributed by atoms with van der Waals surface area (Å²) in [5.41, 5.74) is 0.594. The molecule has 0 unspecified atom stereocenters. The second kappa shape index (κ2) is 15.1. The maximum Gasteiger partial charge on any atom is 0.320 e. The van der Waals surface area contributed by atoms with Crippen molar-refractivity contribution in [2.24, 2.45) is 0 Å². The van der Waals surface area contributed by atoms with Gasteiger partial charge in [-0.2, -0.15) is 9.97 Å². The molecule has 3 rings (SSSR count). The van der Waals surface area contributed by atoms with Crippen LogP contribution in [0.15, 0.2) is 36.4 Å². The van der Waals surface area contributed by atoms with E-state index >= 15 is 0 Å². The molecule has 0 saturated heterocycles. The predicted octanol–water partition coefficient (Wildman–Crippen LogP) is 4.07. The van der Waals surface area contributed by atoms with E-state index in [1.807, 2.05) is 0 Å². The third-order valence-electron chi connectivity index (χ3n) is 5.43. The highest BCUT2D eigenvalue weighted by Gasteiger charge is 2.17. The zero-order chi connectivity index (χ0) is 28.9. The first-order chi connectivity index (χ1) is 19.3. The van der Waals surface area contributed by atoms with Crippen molar-refractivity contribution in [3.63, 3.8) is 0 Å². The molecular weight excluding hydrogens is 522 g/mol. The van der Waals surface area contributed by atoms with Gasteiger partial charge in [-0.1, -0.05) is 6.92 Å². The molecule has 2 N–H and O–H groups in total. The van der Waals surface area contributed by atoms with Gasteiger partial charge in [-0.15, -0.1) is 0 Å². The van der Waals surface area contributed by atoms with Crippen LogP contribution in [0, 0.1) is 0 Å². The number of methoxy groups -OCH3 is 1. The molecule has 0 aliphatic heterocycles. The molecule has 1 heterocycles. The summed E-state index contributed by atoms with van der Waals surface area (Å²) >= 11 is 0. The molecule has 0 aliphatic rings. The average Bonchev–Trinajstić information content (AvgIpc) is 2.95. The lowest BCUT2D eigenvalue weighted by Gasteiger charge is -2.12. The molecule has 3 aromatic rings. The van der Waals surface area contributed by atoms with Gasteiger partial charge in [-0.25, -0.2) is 4.98 Å². The molecule has 0 radical (unpaired) electrons. The van der Waals surface area contributed by atoms with Gasteiger partial charge in [0.2, 0.25) is 0 Å². The molecule has 0 spiro atoms. The summed E-state index contributed by atoms with van der Waals surface area (Å²) in [6.45, 7) is 4.62. The van der Waals surface area contributed by atoms with Crippen molar-refractivity contribution in [3.8, 4) is 51.8 Å². The fraction of sp³-hybridized carbons (Fsp3) is 0.393. The monoisotopic (exact) mass is 555 g/mol. The van der Waals surface area contributed by atoms with Gasteiger partial charge in [-0.3, -0.25) is 9.59 Å². The van der Waals surface area contributed by atoms with E-state index in [4.69, 9.17) is 23.7 Å². The number of ether oxygens (including phenoxy) is 5. The number of hydrogen-bond donors (Lipinski definition) is 2. The van der Waals surface area contributed by atoms with E-state index in [1.165, 1.54) is 19.2 Å². The van der Waals surface area contributed by atoms with Gasteiger partial charge in [0.05, 0.1) is 44.7 Å². The van der Waals surface area contributed by atoms with Gasteiger partial charge in [0, 0.05) is 31.4 Å². The van der Waals surface area contributed by atoms with E-state index in [9.17, 15) is 19.8 Å². The molecular formula is C28H33N3O9. The Morgan fingerprint density at radius 1 is 0.750 bits per heavy atom. The predicted molar refractivity (Wildman–Crippen MR) is 143 cm³/mol. The van der Waals surface area contributed by atoms with Gasteiger partial charge in [-0.05, 0) is 37.6 Å². The Bertz CT molecular complexity index is 1300. The first kappa shape index (κ1) is 29.9. The van der Waals surface area contributed by atoms with Crippen molar-refractivity contribution >= 4 is 11.9 Å². The minimum atomic E-state index is -0.288. The number of carbonyl (C=O) groups excluding carboxylic acids is 2. The largest absolute Gasteiger partial charge is 0.507 e. The molecule has 2 aromatic carbocycles. The molecule has 0 bridgehead atoms. The van der Waals surface area contributed by atoms with Crippen molar-refractivity contribution in [2.75, 3.05) is 33.5 Å². The first-order valence-electron chi connectivity index (χ1n) is 12.9. The summed E-state index contributed by atoms with van der Waals surface area (Å²) in [5, 5.41) is 21.3. The fourth-order valence-corrected chi connectivity index (χ4v) is 3.45. The number of phenols is 2. The van der Waals surface area contributed by atoms with Crippen LogP contribution in [0.25, 0.3) is 22.8 Å². The van der Waals surface area contributed by atoms with Crippen LogP contribution in [0.2, 0.25) is 0 Å². The maximum absolute atomic E-state index is 11.4. The van der Waals surface area contributed by atoms with Crippen LogP contribution in [-0.4, -0.2) is 70.6 Å². The Morgan fingerprint density at radius 2 is 1.32 bits per heavy atom. The Kier molecular flexibility index (Phi) is 11.3. The van der Waals surface area contributed by atoms with E-state index in [-0.39, 0.29) is 60.7 Å². The lowest BCUT2D eigenvalue weighted by atomic mass is 10.1. The Balaban J connectivity index is 1.70. The minimum absolute atomic E-state index is 0.0138. The van der Waals surface area contributed by atoms with Gasteiger partial charge in [0.15, 0.2) is 11.6 Å². The number of nitrogens with zero attached hydrogens (tertiary/aromatic N) is 3. The fourth-order valence-electron chi connectivity index (χ4n) is 3.45. The average molecular weight is 556 g/mol. The van der Waals surface area contributed by atoms with Gasteiger partial charge < -0.3 is 33.9 Å². The summed E-state index contributed by atoms with van der Waals surface area (Å²) in [6.07, 6.45) is 1.53. The molecule has 0 fully saturated rings. The number of rotatable bonds is 15. The zero-order valence-corrected chi connectivity index (χ0v) is 22.7. The molecule has 12 heteroatoms. The highest BCUT2D eigenvalue weighted by atomic mass is 16.5. The second-order valence-electron chi connectivity index (χ2n) is 8.36. The van der Waals surface area contributed by atoms with Crippen LogP contribution in [0.5, 0.6) is 29.0 Å². The molecule has 0 aliphatic carbocycles. The number of aromatic hydroxyl groups is 2. The SMILES string of the molecule is CCOC(=O)CCCOc1ccc(-c2nc(OC)nc(-c3ccc(OCCCOC(=O)CC)cc3O)n2)c(O)c1. The molecule has 1 aromatic heterocycles. The number of phenolic OH excluding ortho intramolecular Hbond substituents is 2. The van der Waals surface area contributed by atoms with Crippen molar-refractivity contribution < 1.29 is 43.5 Å². The first-order valence-corrected chi connectivity index (χ1v) is 12.9. The highest BCUT2D eigenvalue weighted by Crippen LogP contribution is 2.35. The quantitative estimate of drug-likeness (QED) is 0.205. The molecule has 0 amide bonds. The number of aromatic nitrogens is 3. The molecule has 0 atom stereocenters. The Hall–Kier alpha value is -4.61. The number of hydrogen-bond acceptors (Lipinski definition) is 12. The van der Waals surface area contributed by atoms with E-state index in [2.05, 4.69) is 15.0 Å². The van der Waals surface area contributed by atoms with Crippen LogP contribution in [0.4, 0.5) is 0 Å². The highest BCUT2D eigenvalue weighted by molar-refractivity contribution is 5.71. The molecule has 0 saturated carbocycles. The summed E-state index contributed by atoms with van der Waals surface area (Å²) in [6, 6.07) is 9.30. The van der Waals surface area contributed by atoms with Gasteiger partial charge in [0.25, 0.3) is 0 Å². The normalized spacial score (nSPS) is 10.6. The van der Waals surface area contributed by atoms with Crippen LogP contribution in [0.1, 0.15) is 39.5 Å². The van der Waals surface area contributed by atoms with Crippen molar-refractivity contribution in [1.29, 1.82) is 0 Å². The zero-order valence-electron chi connectivity index (χ0n) is 22.7. The Morgan fingerprint density at radius 3 is 1.82 bits per heavy atom. The topological polar surface area (TPSA) is 159 Å². The van der Waals surface area contributed by atoms with Gasteiger partial charge >= 0.3 is 17.9 Å². The standard InChI is InChI=1S/C28H33N3O9/c1-4-24(34)40-15-7-14-39-19-10-12-21(23(33)17-19)27-29-26(30-28(31-27)36-3)20-11-9-18(16-22(20)32)38-13-6-8-25(35)37-5-2/h9-12,16-17,32-33H,4-8,13-15H2,1-3H3. The van der Waals surface area contributed by atoms with Crippen LogP contribution in [-0.2, 0) is 19.1 Å². The van der Waals surface area contributed by atoms with Crippen molar-refractivity contribution in [3.05, 3.63) is 36.4 Å². The number of benzene rings is 2. The molecule has 214 valence electrons. The smallest absolute Gasteiger partial charge is 0.320 e. The summed E-state index contributed by atoms with van der Waals surface area (Å²) in [7, 11) is 1.39. The van der Waals surface area contributed by atoms with Crippen LogP contribution < -0.4 is 14.2 Å². The van der Waals surface area contributed by atoms with Crippen molar-refractivity contribution in [2.45, 2.75) is 39.5 Å². The van der Waals surface area contributed by atoms with Gasteiger partial charge in [0.1, 0.15) is 23.0 Å². The Labute approximate surface area is 231 Å².